The highest BCUT2D eigenvalue weighted by atomic mass is 14.6. The first-order chi connectivity index (χ1) is 6.00. The molecule has 0 saturated carbocycles. The second-order valence-electron chi connectivity index (χ2n) is 3.77. The zero-order valence-corrected chi connectivity index (χ0v) is 8.65. The number of allylic oxidation sites excluding steroid dienone is 1. The van der Waals surface area contributed by atoms with E-state index in [4.69, 9.17) is 5.73 Å². The fraction of sp³-hybridized carbons (Fsp3) is 0.333. The lowest BCUT2D eigenvalue weighted by molar-refractivity contribution is 1.14. The standard InChI is InChI=1S/C12H17N/c1-8(2)5-11-6-9(3)10(4)7-12(11)13/h6-7H,1,5,13H2,2-4H3. The zero-order valence-electron chi connectivity index (χ0n) is 8.65. The van der Waals surface area contributed by atoms with Crippen LogP contribution in [0.15, 0.2) is 24.3 Å². The number of anilines is 1. The minimum absolute atomic E-state index is 0.881. The van der Waals surface area contributed by atoms with E-state index < -0.39 is 0 Å². The van der Waals surface area contributed by atoms with Crippen molar-refractivity contribution in [1.82, 2.24) is 0 Å². The maximum atomic E-state index is 5.90. The smallest absolute Gasteiger partial charge is 0.0352 e. The summed E-state index contributed by atoms with van der Waals surface area (Å²) in [6.45, 7) is 10.1. The van der Waals surface area contributed by atoms with Crippen LogP contribution in [-0.2, 0) is 6.42 Å². The Morgan fingerprint density at radius 2 is 1.85 bits per heavy atom. The van der Waals surface area contributed by atoms with Gasteiger partial charge in [-0.05, 0) is 49.9 Å². The summed E-state index contributed by atoms with van der Waals surface area (Å²) in [6.07, 6.45) is 0.882. The van der Waals surface area contributed by atoms with Gasteiger partial charge in [0.25, 0.3) is 0 Å². The summed E-state index contributed by atoms with van der Waals surface area (Å²) in [5.74, 6) is 0. The van der Waals surface area contributed by atoms with Crippen molar-refractivity contribution in [3.05, 3.63) is 41.0 Å². The SMILES string of the molecule is C=C(C)Cc1cc(C)c(C)cc1N. The van der Waals surface area contributed by atoms with Crippen LogP contribution in [0.5, 0.6) is 0 Å². The molecule has 0 heterocycles. The van der Waals surface area contributed by atoms with Crippen LogP contribution in [0.25, 0.3) is 0 Å². The molecule has 2 N–H and O–H groups in total. The van der Waals surface area contributed by atoms with E-state index in [1.54, 1.807) is 0 Å². The lowest BCUT2D eigenvalue weighted by Crippen LogP contribution is -1.97. The minimum Gasteiger partial charge on any atom is -0.398 e. The summed E-state index contributed by atoms with van der Waals surface area (Å²) >= 11 is 0. The maximum absolute atomic E-state index is 5.90. The van der Waals surface area contributed by atoms with Gasteiger partial charge in [-0.2, -0.15) is 0 Å². The van der Waals surface area contributed by atoms with Crippen molar-refractivity contribution in [3.63, 3.8) is 0 Å². The van der Waals surface area contributed by atoms with E-state index in [1.807, 2.05) is 13.0 Å². The highest BCUT2D eigenvalue weighted by Gasteiger charge is 2.02. The molecule has 13 heavy (non-hydrogen) atoms. The number of aryl methyl sites for hydroxylation is 2. The van der Waals surface area contributed by atoms with Crippen LogP contribution in [0.1, 0.15) is 23.6 Å². The van der Waals surface area contributed by atoms with Crippen molar-refractivity contribution in [1.29, 1.82) is 0 Å². The van der Waals surface area contributed by atoms with Gasteiger partial charge in [-0.25, -0.2) is 0 Å². The molecular weight excluding hydrogens is 158 g/mol. The van der Waals surface area contributed by atoms with Crippen molar-refractivity contribution in [2.45, 2.75) is 27.2 Å². The first-order valence-electron chi connectivity index (χ1n) is 4.50. The van der Waals surface area contributed by atoms with E-state index in [9.17, 15) is 0 Å². The highest BCUT2D eigenvalue weighted by molar-refractivity contribution is 5.52. The predicted octanol–water partition coefficient (Wildman–Crippen LogP) is 3.00. The Kier molecular flexibility index (Phi) is 2.76. The molecule has 0 radical (unpaired) electrons. The van der Waals surface area contributed by atoms with Gasteiger partial charge >= 0.3 is 0 Å². The van der Waals surface area contributed by atoms with Crippen LogP contribution in [0.3, 0.4) is 0 Å². The van der Waals surface area contributed by atoms with Gasteiger partial charge in [0.2, 0.25) is 0 Å². The molecule has 1 rings (SSSR count). The Bertz CT molecular complexity index is 337. The fourth-order valence-electron chi connectivity index (χ4n) is 1.38. The summed E-state index contributed by atoms with van der Waals surface area (Å²) < 4.78 is 0. The molecule has 70 valence electrons. The summed E-state index contributed by atoms with van der Waals surface area (Å²) in [5, 5.41) is 0. The number of nitrogen functional groups attached to an aromatic ring is 1. The molecule has 1 aromatic rings. The van der Waals surface area contributed by atoms with Gasteiger partial charge < -0.3 is 5.73 Å². The minimum atomic E-state index is 0.881. The van der Waals surface area contributed by atoms with E-state index in [-0.39, 0.29) is 0 Å². The Hall–Kier alpha value is -1.24. The van der Waals surface area contributed by atoms with Crippen molar-refractivity contribution >= 4 is 5.69 Å². The highest BCUT2D eigenvalue weighted by Crippen LogP contribution is 2.20. The molecule has 0 aliphatic carbocycles. The topological polar surface area (TPSA) is 26.0 Å². The Balaban J connectivity index is 3.08. The summed E-state index contributed by atoms with van der Waals surface area (Å²) in [6, 6.07) is 4.19. The third-order valence-corrected chi connectivity index (χ3v) is 2.25. The van der Waals surface area contributed by atoms with Gasteiger partial charge in [-0.1, -0.05) is 18.2 Å². The van der Waals surface area contributed by atoms with Crippen molar-refractivity contribution < 1.29 is 0 Å². The van der Waals surface area contributed by atoms with Gasteiger partial charge in [0.15, 0.2) is 0 Å². The van der Waals surface area contributed by atoms with Crippen molar-refractivity contribution in [3.8, 4) is 0 Å². The number of rotatable bonds is 2. The molecule has 1 aromatic carbocycles. The van der Waals surface area contributed by atoms with Gasteiger partial charge in [0.1, 0.15) is 0 Å². The van der Waals surface area contributed by atoms with Gasteiger partial charge in [0, 0.05) is 5.69 Å². The number of hydrogen-bond donors (Lipinski definition) is 1. The summed E-state index contributed by atoms with van der Waals surface area (Å²) in [7, 11) is 0. The molecule has 0 bridgehead atoms. The second kappa shape index (κ2) is 3.65. The molecule has 0 amide bonds. The fourth-order valence-corrected chi connectivity index (χ4v) is 1.38. The molecule has 0 atom stereocenters. The maximum Gasteiger partial charge on any atom is 0.0352 e. The zero-order chi connectivity index (χ0) is 10.0. The van der Waals surface area contributed by atoms with Crippen LogP contribution >= 0.6 is 0 Å². The molecule has 0 aliphatic rings. The Morgan fingerprint density at radius 1 is 1.31 bits per heavy atom. The molecule has 0 spiro atoms. The van der Waals surface area contributed by atoms with E-state index in [0.29, 0.717) is 0 Å². The van der Waals surface area contributed by atoms with E-state index in [2.05, 4.69) is 26.5 Å². The van der Waals surface area contributed by atoms with Crippen LogP contribution in [0, 0.1) is 13.8 Å². The van der Waals surface area contributed by atoms with E-state index >= 15 is 0 Å². The molecule has 0 unspecified atom stereocenters. The third kappa shape index (κ3) is 2.35. The largest absolute Gasteiger partial charge is 0.398 e. The molecular formula is C12H17N. The van der Waals surface area contributed by atoms with E-state index in [0.717, 1.165) is 17.7 Å². The molecule has 0 aliphatic heterocycles. The van der Waals surface area contributed by atoms with E-state index in [1.165, 1.54) is 16.7 Å². The van der Waals surface area contributed by atoms with Gasteiger partial charge in [-0.15, -0.1) is 0 Å². The number of nitrogens with two attached hydrogens (primary N) is 1. The normalized spacial score (nSPS) is 10.1. The lowest BCUT2D eigenvalue weighted by Gasteiger charge is -2.09. The molecule has 0 fully saturated rings. The summed E-state index contributed by atoms with van der Waals surface area (Å²) in [5.41, 5.74) is 11.7. The molecule has 0 saturated heterocycles. The first kappa shape index (κ1) is 9.85. The molecule has 1 nitrogen and oxygen atoms in total. The average molecular weight is 175 g/mol. The van der Waals surface area contributed by atoms with Gasteiger partial charge in [-0.3, -0.25) is 0 Å². The second-order valence-corrected chi connectivity index (χ2v) is 3.77. The lowest BCUT2D eigenvalue weighted by atomic mass is 10.00. The summed E-state index contributed by atoms with van der Waals surface area (Å²) in [4.78, 5) is 0. The molecule has 0 aromatic heterocycles. The number of hydrogen-bond acceptors (Lipinski definition) is 1. The van der Waals surface area contributed by atoms with Crippen LogP contribution in [0.4, 0.5) is 5.69 Å². The monoisotopic (exact) mass is 175 g/mol. The predicted molar refractivity (Wildman–Crippen MR) is 58.8 cm³/mol. The van der Waals surface area contributed by atoms with Crippen LogP contribution < -0.4 is 5.73 Å². The molecule has 1 heteroatoms. The van der Waals surface area contributed by atoms with Crippen molar-refractivity contribution in [2.75, 3.05) is 5.73 Å². The first-order valence-corrected chi connectivity index (χ1v) is 4.50. The van der Waals surface area contributed by atoms with Crippen molar-refractivity contribution in [2.24, 2.45) is 0 Å². The Morgan fingerprint density at radius 3 is 2.38 bits per heavy atom. The number of benzene rings is 1. The average Bonchev–Trinajstić information content (AvgIpc) is 1.99. The van der Waals surface area contributed by atoms with Crippen LogP contribution in [-0.4, -0.2) is 0 Å². The van der Waals surface area contributed by atoms with Crippen LogP contribution in [0.2, 0.25) is 0 Å². The third-order valence-electron chi connectivity index (χ3n) is 2.25. The van der Waals surface area contributed by atoms with Gasteiger partial charge in [0.05, 0.1) is 0 Å². The Labute approximate surface area is 80.3 Å². The quantitative estimate of drug-likeness (QED) is 0.542.